The molecule has 0 aliphatic rings. The smallest absolute Gasteiger partial charge is 0.423 e. The largest absolute Gasteiger partial charge is 0.491 e. The summed E-state index contributed by atoms with van der Waals surface area (Å²) in [7, 11) is -1.41. The van der Waals surface area contributed by atoms with Crippen LogP contribution >= 0.6 is 0 Å². The van der Waals surface area contributed by atoms with Crippen molar-refractivity contribution in [3.8, 4) is 0 Å². The summed E-state index contributed by atoms with van der Waals surface area (Å²) in [6.45, 7) is 4.96. The fourth-order valence-electron chi connectivity index (χ4n) is 0.987. The Morgan fingerprint density at radius 1 is 1.58 bits per heavy atom. The Hall–Kier alpha value is -0.805. The van der Waals surface area contributed by atoms with Gasteiger partial charge in [-0.15, -0.1) is 0 Å². The average Bonchev–Trinajstić information content (AvgIpc) is 2.34. The van der Waals surface area contributed by atoms with E-state index in [1.807, 2.05) is 0 Å². The molecule has 0 radical (unpaired) electrons. The number of rotatable bonds is 3. The zero-order valence-corrected chi connectivity index (χ0v) is 7.31. The van der Waals surface area contributed by atoms with Crippen molar-refractivity contribution in [3.63, 3.8) is 0 Å². The van der Waals surface area contributed by atoms with Crippen LogP contribution in [0.25, 0.3) is 0 Å². The molecule has 4 nitrogen and oxygen atoms in total. The highest BCUT2D eigenvalue weighted by atomic mass is 16.4. The lowest BCUT2D eigenvalue weighted by atomic mass is 9.83. The summed E-state index contributed by atoms with van der Waals surface area (Å²) < 4.78 is 1.71. The quantitative estimate of drug-likeness (QED) is 0.582. The molecule has 0 saturated heterocycles. The van der Waals surface area contributed by atoms with E-state index in [9.17, 15) is 0 Å². The van der Waals surface area contributed by atoms with Gasteiger partial charge in [-0.1, -0.05) is 13.8 Å². The first-order valence-electron chi connectivity index (χ1n) is 3.98. The minimum absolute atomic E-state index is 0.440. The maximum atomic E-state index is 8.77. The van der Waals surface area contributed by atoms with Gasteiger partial charge in [-0.05, 0) is 5.92 Å². The van der Waals surface area contributed by atoms with E-state index in [0.29, 0.717) is 11.4 Å². The highest BCUT2D eigenvalue weighted by molar-refractivity contribution is 6.58. The first-order chi connectivity index (χ1) is 5.59. The SMILES string of the molecule is CC(C)Cn1cc(B(O)O)cn1. The first kappa shape index (κ1) is 9.28. The molecule has 1 aromatic rings. The molecule has 12 heavy (non-hydrogen) atoms. The highest BCUT2D eigenvalue weighted by Gasteiger charge is 2.12. The molecule has 0 atom stereocenters. The van der Waals surface area contributed by atoms with Crippen LogP contribution in [0.4, 0.5) is 0 Å². The predicted octanol–water partition coefficient (Wildman–Crippen LogP) is -0.781. The summed E-state index contributed by atoms with van der Waals surface area (Å²) in [4.78, 5) is 0. The molecule has 0 aliphatic carbocycles. The van der Waals surface area contributed by atoms with Crippen molar-refractivity contribution in [3.05, 3.63) is 12.4 Å². The molecule has 0 aliphatic heterocycles. The Morgan fingerprint density at radius 3 is 2.67 bits per heavy atom. The summed E-state index contributed by atoms with van der Waals surface area (Å²) in [6.07, 6.45) is 3.11. The van der Waals surface area contributed by atoms with E-state index in [-0.39, 0.29) is 0 Å². The van der Waals surface area contributed by atoms with Gasteiger partial charge in [-0.3, -0.25) is 4.68 Å². The van der Waals surface area contributed by atoms with Crippen molar-refractivity contribution >= 4 is 12.6 Å². The van der Waals surface area contributed by atoms with Gasteiger partial charge >= 0.3 is 7.12 Å². The summed E-state index contributed by atoms with van der Waals surface area (Å²) in [5, 5.41) is 21.5. The van der Waals surface area contributed by atoms with Crippen LogP contribution < -0.4 is 5.46 Å². The van der Waals surface area contributed by atoms with Crippen LogP contribution in [0.2, 0.25) is 0 Å². The fourth-order valence-corrected chi connectivity index (χ4v) is 0.987. The van der Waals surface area contributed by atoms with Crippen LogP contribution in [0, 0.1) is 5.92 Å². The molecule has 0 fully saturated rings. The Balaban J connectivity index is 2.64. The molecular weight excluding hydrogens is 155 g/mol. The van der Waals surface area contributed by atoms with Gasteiger partial charge in [0.2, 0.25) is 0 Å². The molecule has 0 aromatic carbocycles. The van der Waals surface area contributed by atoms with E-state index < -0.39 is 7.12 Å². The van der Waals surface area contributed by atoms with E-state index in [4.69, 9.17) is 10.0 Å². The Labute approximate surface area is 72.0 Å². The third-order valence-electron chi connectivity index (χ3n) is 1.50. The average molecular weight is 168 g/mol. The Bertz CT molecular complexity index is 247. The van der Waals surface area contributed by atoms with Gasteiger partial charge in [0.25, 0.3) is 0 Å². The van der Waals surface area contributed by atoms with Gasteiger partial charge in [0.05, 0.1) is 0 Å². The van der Waals surface area contributed by atoms with Crippen LogP contribution in [0.5, 0.6) is 0 Å². The third kappa shape index (κ3) is 2.35. The second-order valence-corrected chi connectivity index (χ2v) is 3.26. The van der Waals surface area contributed by atoms with Crippen molar-refractivity contribution in [2.24, 2.45) is 5.92 Å². The number of aromatic nitrogens is 2. The van der Waals surface area contributed by atoms with Crippen molar-refractivity contribution in [2.45, 2.75) is 20.4 Å². The van der Waals surface area contributed by atoms with E-state index in [1.54, 1.807) is 10.9 Å². The van der Waals surface area contributed by atoms with Crippen molar-refractivity contribution < 1.29 is 10.0 Å². The molecule has 1 heterocycles. The first-order valence-corrected chi connectivity index (χ1v) is 3.98. The van der Waals surface area contributed by atoms with Crippen LogP contribution in [-0.2, 0) is 6.54 Å². The van der Waals surface area contributed by atoms with Crippen LogP contribution in [-0.4, -0.2) is 26.9 Å². The monoisotopic (exact) mass is 168 g/mol. The zero-order valence-electron chi connectivity index (χ0n) is 7.31. The molecule has 0 unspecified atom stereocenters. The van der Waals surface area contributed by atoms with Gasteiger partial charge in [0, 0.05) is 24.4 Å². The molecule has 2 N–H and O–H groups in total. The normalized spacial score (nSPS) is 10.8. The van der Waals surface area contributed by atoms with Crippen molar-refractivity contribution in [1.29, 1.82) is 0 Å². The molecule has 0 amide bonds. The molecule has 0 saturated carbocycles. The minimum Gasteiger partial charge on any atom is -0.423 e. The zero-order chi connectivity index (χ0) is 9.14. The maximum Gasteiger partial charge on any atom is 0.491 e. The number of hydrogen-bond acceptors (Lipinski definition) is 3. The van der Waals surface area contributed by atoms with Crippen LogP contribution in [0.1, 0.15) is 13.8 Å². The molecule has 0 spiro atoms. The van der Waals surface area contributed by atoms with E-state index in [2.05, 4.69) is 18.9 Å². The molecular formula is C7H13BN2O2. The van der Waals surface area contributed by atoms with Gasteiger partial charge in [-0.25, -0.2) is 0 Å². The summed E-state index contributed by atoms with van der Waals surface area (Å²) in [5.74, 6) is 0.508. The lowest BCUT2D eigenvalue weighted by molar-refractivity contribution is 0.425. The molecule has 1 rings (SSSR count). The standard InChI is InChI=1S/C7H13BN2O2/c1-6(2)4-10-5-7(3-9-10)8(11)12/h3,5-6,11-12H,4H2,1-2H3. The Kier molecular flexibility index (Phi) is 2.89. The summed E-state index contributed by atoms with van der Waals surface area (Å²) >= 11 is 0. The molecule has 1 aromatic heterocycles. The lowest BCUT2D eigenvalue weighted by Crippen LogP contribution is -2.28. The van der Waals surface area contributed by atoms with Gasteiger partial charge in [0.15, 0.2) is 0 Å². The van der Waals surface area contributed by atoms with Crippen LogP contribution in [0.15, 0.2) is 12.4 Å². The molecule has 5 heteroatoms. The second-order valence-electron chi connectivity index (χ2n) is 3.26. The topological polar surface area (TPSA) is 58.3 Å². The van der Waals surface area contributed by atoms with Crippen molar-refractivity contribution in [1.82, 2.24) is 9.78 Å². The fraction of sp³-hybridized carbons (Fsp3) is 0.571. The third-order valence-corrected chi connectivity index (χ3v) is 1.50. The van der Waals surface area contributed by atoms with Gasteiger partial charge in [0.1, 0.15) is 0 Å². The van der Waals surface area contributed by atoms with E-state index in [0.717, 1.165) is 6.54 Å². The molecule has 0 bridgehead atoms. The number of hydrogen-bond donors (Lipinski definition) is 2. The number of nitrogens with zero attached hydrogens (tertiary/aromatic N) is 2. The van der Waals surface area contributed by atoms with Gasteiger partial charge in [-0.2, -0.15) is 5.10 Å². The molecule has 66 valence electrons. The second kappa shape index (κ2) is 3.73. The van der Waals surface area contributed by atoms with E-state index >= 15 is 0 Å². The lowest BCUT2D eigenvalue weighted by Gasteiger charge is -2.03. The summed E-state index contributed by atoms with van der Waals surface area (Å²) in [6, 6.07) is 0. The minimum atomic E-state index is -1.41. The van der Waals surface area contributed by atoms with Crippen LogP contribution in [0.3, 0.4) is 0 Å². The maximum absolute atomic E-state index is 8.77. The van der Waals surface area contributed by atoms with Crippen molar-refractivity contribution in [2.75, 3.05) is 0 Å². The van der Waals surface area contributed by atoms with Gasteiger partial charge < -0.3 is 10.0 Å². The van der Waals surface area contributed by atoms with E-state index in [1.165, 1.54) is 6.20 Å². The highest BCUT2D eigenvalue weighted by Crippen LogP contribution is 1.95. The Morgan fingerprint density at radius 2 is 2.25 bits per heavy atom. The predicted molar refractivity (Wildman–Crippen MR) is 46.9 cm³/mol. The summed E-state index contributed by atoms with van der Waals surface area (Å²) in [5.41, 5.74) is 0.440.